The van der Waals surface area contributed by atoms with Crippen LogP contribution in [0.5, 0.6) is 0 Å². The molecule has 6 nitrogen and oxygen atoms in total. The molecule has 28 heavy (non-hydrogen) atoms. The van der Waals surface area contributed by atoms with E-state index < -0.39 is 0 Å². The smallest absolute Gasteiger partial charge is 0.227 e. The fourth-order valence-electron chi connectivity index (χ4n) is 3.74. The molecule has 1 aromatic rings. The highest BCUT2D eigenvalue weighted by Crippen LogP contribution is 2.30. The molecule has 6 heteroatoms. The molecule has 3 amide bonds. The molecule has 0 radical (unpaired) electrons. The van der Waals surface area contributed by atoms with E-state index in [1.165, 1.54) is 0 Å². The van der Waals surface area contributed by atoms with Crippen LogP contribution in [0.25, 0.3) is 0 Å². The molecule has 1 aromatic carbocycles. The third-order valence-corrected chi connectivity index (χ3v) is 5.66. The number of hydrogen-bond donors (Lipinski definition) is 2. The highest BCUT2D eigenvalue weighted by Gasteiger charge is 2.33. The molecular weight excluding hydrogens is 354 g/mol. The highest BCUT2D eigenvalue weighted by atomic mass is 16.2. The van der Waals surface area contributed by atoms with Gasteiger partial charge in [-0.1, -0.05) is 20.3 Å². The molecule has 1 aliphatic carbocycles. The summed E-state index contributed by atoms with van der Waals surface area (Å²) in [5.41, 5.74) is 1.45. The molecule has 1 heterocycles. The maximum atomic E-state index is 12.5. The van der Waals surface area contributed by atoms with Gasteiger partial charge in [0.05, 0.1) is 0 Å². The minimum absolute atomic E-state index is 0.00464. The fraction of sp³-hybridized carbons (Fsp3) is 0.591. The van der Waals surface area contributed by atoms with Crippen LogP contribution in [0.4, 0.5) is 11.4 Å². The number of nitrogens with one attached hydrogen (secondary N) is 2. The lowest BCUT2D eigenvalue weighted by molar-refractivity contribution is -0.140. The van der Waals surface area contributed by atoms with E-state index in [0.29, 0.717) is 38.3 Å². The van der Waals surface area contributed by atoms with Gasteiger partial charge in [0.25, 0.3) is 0 Å². The van der Waals surface area contributed by atoms with Crippen LogP contribution in [0.15, 0.2) is 24.3 Å². The maximum Gasteiger partial charge on any atom is 0.227 e. The molecule has 0 bridgehead atoms. The fourth-order valence-corrected chi connectivity index (χ4v) is 3.74. The number of amides is 3. The molecule has 2 aliphatic rings. The van der Waals surface area contributed by atoms with Crippen molar-refractivity contribution < 1.29 is 14.4 Å². The molecule has 2 fully saturated rings. The summed E-state index contributed by atoms with van der Waals surface area (Å²) < 4.78 is 0. The van der Waals surface area contributed by atoms with Crippen molar-refractivity contribution in [1.29, 1.82) is 0 Å². The second-order valence-corrected chi connectivity index (χ2v) is 8.44. The Morgan fingerprint density at radius 1 is 0.929 bits per heavy atom. The van der Waals surface area contributed by atoms with Crippen molar-refractivity contribution >= 4 is 29.1 Å². The van der Waals surface area contributed by atoms with Crippen LogP contribution < -0.4 is 10.6 Å². The zero-order valence-corrected chi connectivity index (χ0v) is 16.9. The number of anilines is 2. The van der Waals surface area contributed by atoms with E-state index in [1.54, 1.807) is 24.3 Å². The lowest BCUT2D eigenvalue weighted by Crippen LogP contribution is -2.45. The van der Waals surface area contributed by atoms with Gasteiger partial charge in [0.1, 0.15) is 0 Å². The van der Waals surface area contributed by atoms with Gasteiger partial charge < -0.3 is 15.5 Å². The standard InChI is InChI=1S/C22H31N3O3/c1-15(2)14-20(26)23-18-6-8-19(9-7-18)24-21(27)16-10-12-25(13-11-16)22(28)17-4-3-5-17/h6-9,15-17H,3-5,10-14H2,1-2H3,(H,23,26)(H,24,27). The Morgan fingerprint density at radius 2 is 1.50 bits per heavy atom. The predicted octanol–water partition coefficient (Wildman–Crippen LogP) is 3.65. The summed E-state index contributed by atoms with van der Waals surface area (Å²) in [5, 5.41) is 5.82. The van der Waals surface area contributed by atoms with Crippen LogP contribution in [0, 0.1) is 17.8 Å². The molecule has 1 aliphatic heterocycles. The van der Waals surface area contributed by atoms with Crippen LogP contribution in [0.1, 0.15) is 52.4 Å². The topological polar surface area (TPSA) is 78.5 Å². The largest absolute Gasteiger partial charge is 0.342 e. The monoisotopic (exact) mass is 385 g/mol. The number of likely N-dealkylation sites (tertiary alicyclic amines) is 1. The SMILES string of the molecule is CC(C)CC(=O)Nc1ccc(NC(=O)C2CCN(C(=O)C3CCC3)CC2)cc1. The molecule has 0 atom stereocenters. The Morgan fingerprint density at radius 3 is 2.00 bits per heavy atom. The highest BCUT2D eigenvalue weighted by molar-refractivity contribution is 5.94. The number of benzene rings is 1. The Kier molecular flexibility index (Phi) is 6.70. The third-order valence-electron chi connectivity index (χ3n) is 5.66. The minimum atomic E-state index is -0.0594. The number of carbonyl (C=O) groups excluding carboxylic acids is 3. The van der Waals surface area contributed by atoms with Crippen molar-refractivity contribution in [1.82, 2.24) is 4.90 Å². The van der Waals surface area contributed by atoms with E-state index in [-0.39, 0.29) is 29.6 Å². The minimum Gasteiger partial charge on any atom is -0.342 e. The van der Waals surface area contributed by atoms with Crippen LogP contribution in [0.2, 0.25) is 0 Å². The van der Waals surface area contributed by atoms with Crippen molar-refractivity contribution in [2.45, 2.75) is 52.4 Å². The average Bonchev–Trinajstić information content (AvgIpc) is 2.61. The van der Waals surface area contributed by atoms with Gasteiger partial charge in [0, 0.05) is 42.7 Å². The van der Waals surface area contributed by atoms with Crippen molar-refractivity contribution in [3.63, 3.8) is 0 Å². The molecule has 3 rings (SSSR count). The van der Waals surface area contributed by atoms with Gasteiger partial charge >= 0.3 is 0 Å². The third kappa shape index (κ3) is 5.33. The summed E-state index contributed by atoms with van der Waals surface area (Å²) in [6.45, 7) is 5.36. The van der Waals surface area contributed by atoms with Crippen LogP contribution in [-0.2, 0) is 14.4 Å². The Hall–Kier alpha value is -2.37. The molecule has 0 unspecified atom stereocenters. The number of rotatable bonds is 6. The van der Waals surface area contributed by atoms with E-state index in [0.717, 1.165) is 30.6 Å². The van der Waals surface area contributed by atoms with E-state index in [1.807, 2.05) is 18.7 Å². The maximum absolute atomic E-state index is 12.5. The van der Waals surface area contributed by atoms with Gasteiger partial charge in [-0.3, -0.25) is 14.4 Å². The second-order valence-electron chi connectivity index (χ2n) is 8.44. The predicted molar refractivity (Wildman–Crippen MR) is 110 cm³/mol. The van der Waals surface area contributed by atoms with Gasteiger partial charge in [-0.25, -0.2) is 0 Å². The summed E-state index contributed by atoms with van der Waals surface area (Å²) in [7, 11) is 0. The molecular formula is C22H31N3O3. The first-order valence-corrected chi connectivity index (χ1v) is 10.4. The van der Waals surface area contributed by atoms with Gasteiger partial charge in [-0.05, 0) is 55.9 Å². The van der Waals surface area contributed by atoms with E-state index >= 15 is 0 Å². The van der Waals surface area contributed by atoms with Gasteiger partial charge in [-0.15, -0.1) is 0 Å². The van der Waals surface area contributed by atoms with Crippen LogP contribution in [-0.4, -0.2) is 35.7 Å². The van der Waals surface area contributed by atoms with E-state index in [4.69, 9.17) is 0 Å². The summed E-state index contributed by atoms with van der Waals surface area (Å²) in [4.78, 5) is 38.6. The Bertz CT molecular complexity index is 702. The first-order valence-electron chi connectivity index (χ1n) is 10.4. The lowest BCUT2D eigenvalue weighted by atomic mass is 9.83. The van der Waals surface area contributed by atoms with Gasteiger partial charge in [0.2, 0.25) is 17.7 Å². The zero-order chi connectivity index (χ0) is 20.1. The van der Waals surface area contributed by atoms with Crippen LogP contribution in [0.3, 0.4) is 0 Å². The molecule has 1 saturated carbocycles. The quantitative estimate of drug-likeness (QED) is 0.785. The van der Waals surface area contributed by atoms with Crippen molar-refractivity contribution in [2.75, 3.05) is 23.7 Å². The zero-order valence-electron chi connectivity index (χ0n) is 16.9. The van der Waals surface area contributed by atoms with E-state index in [2.05, 4.69) is 10.6 Å². The first-order chi connectivity index (χ1) is 13.4. The van der Waals surface area contributed by atoms with Crippen LogP contribution >= 0.6 is 0 Å². The summed E-state index contributed by atoms with van der Waals surface area (Å²) in [6.07, 6.45) is 5.12. The van der Waals surface area contributed by atoms with E-state index in [9.17, 15) is 14.4 Å². The average molecular weight is 386 g/mol. The number of nitrogens with zero attached hydrogens (tertiary/aromatic N) is 1. The number of carbonyl (C=O) groups is 3. The normalized spacial score (nSPS) is 17.9. The Balaban J connectivity index is 1.44. The molecule has 152 valence electrons. The van der Waals surface area contributed by atoms with Crippen molar-refractivity contribution in [2.24, 2.45) is 17.8 Å². The number of hydrogen-bond acceptors (Lipinski definition) is 3. The summed E-state index contributed by atoms with van der Waals surface area (Å²) in [5.74, 6) is 0.761. The molecule has 1 saturated heterocycles. The van der Waals surface area contributed by atoms with Crippen molar-refractivity contribution in [3.8, 4) is 0 Å². The van der Waals surface area contributed by atoms with Crippen molar-refractivity contribution in [3.05, 3.63) is 24.3 Å². The lowest BCUT2D eigenvalue weighted by Gasteiger charge is -2.36. The molecule has 0 aromatic heterocycles. The Labute approximate surface area is 167 Å². The summed E-state index contributed by atoms with van der Waals surface area (Å²) in [6, 6.07) is 7.21. The van der Waals surface area contributed by atoms with Gasteiger partial charge in [-0.2, -0.15) is 0 Å². The van der Waals surface area contributed by atoms with Gasteiger partial charge in [0.15, 0.2) is 0 Å². The number of piperidine rings is 1. The first kappa shape index (κ1) is 20.4. The molecule has 2 N–H and O–H groups in total. The second kappa shape index (κ2) is 9.22. The molecule has 0 spiro atoms. The summed E-state index contributed by atoms with van der Waals surface area (Å²) >= 11 is 0.